The van der Waals surface area contributed by atoms with Gasteiger partial charge >= 0.3 is 18.1 Å². The number of hydrogen-bond donors (Lipinski definition) is 0. The summed E-state index contributed by atoms with van der Waals surface area (Å²) in [5.74, 6) is 0. The second-order valence-electron chi connectivity index (χ2n) is 10.4. The van der Waals surface area contributed by atoms with Crippen molar-refractivity contribution in [3.05, 3.63) is 0 Å². The van der Waals surface area contributed by atoms with Gasteiger partial charge in [0.25, 0.3) is 0 Å². The van der Waals surface area contributed by atoms with Crippen LogP contribution in [0.2, 0.25) is 78.6 Å². The second-order valence-corrected chi connectivity index (χ2v) is 33.9. The van der Waals surface area contributed by atoms with Gasteiger partial charge in [0, 0.05) is 0 Å². The molecular weight excluding hydrogens is 437 g/mol. The van der Waals surface area contributed by atoms with E-state index in [4.69, 9.17) is 29.4 Å². The maximum atomic E-state index is 6.45. The molecule has 0 saturated carbocycles. The van der Waals surface area contributed by atoms with Gasteiger partial charge in [-0.05, 0) is 78.6 Å². The molecule has 0 aliphatic carbocycles. The molecule has 0 radical (unpaired) electrons. The molecule has 26 heavy (non-hydrogen) atoms. The summed E-state index contributed by atoms with van der Waals surface area (Å²) in [5, 5.41) is 0. The Morgan fingerprint density at radius 2 is 0.731 bits per heavy atom. The van der Waals surface area contributed by atoms with Gasteiger partial charge in [0.05, 0.1) is 0 Å². The van der Waals surface area contributed by atoms with Crippen LogP contribution < -0.4 is 0 Å². The Kier molecular flexibility index (Phi) is 7.75. The van der Waals surface area contributed by atoms with Crippen LogP contribution >= 0.6 is 0 Å². The Balaban J connectivity index is 3.31. The molecule has 1 heterocycles. The molecule has 1 aliphatic heterocycles. The van der Waals surface area contributed by atoms with Gasteiger partial charge in [-0.25, -0.2) is 0 Å². The van der Waals surface area contributed by atoms with Crippen LogP contribution in [0.25, 0.3) is 0 Å². The zero-order valence-corrected chi connectivity index (χ0v) is 24.6. The second kappa shape index (κ2) is 8.04. The Morgan fingerprint density at radius 3 is 0.923 bits per heavy atom. The lowest BCUT2D eigenvalue weighted by Crippen LogP contribution is -2.72. The van der Waals surface area contributed by atoms with Crippen LogP contribution in [-0.2, 0) is 29.4 Å². The molecule has 0 aromatic heterocycles. The van der Waals surface area contributed by atoms with Gasteiger partial charge in [-0.3, -0.25) is 0 Å². The molecule has 0 amide bonds. The highest BCUT2D eigenvalue weighted by molar-refractivity contribution is 6.89. The molecule has 0 aromatic carbocycles. The Morgan fingerprint density at radius 1 is 0.500 bits per heavy atom. The molecule has 1 aliphatic rings. The summed E-state index contributed by atoms with van der Waals surface area (Å²) in [5.41, 5.74) is 0. The Labute approximate surface area is 166 Å². The van der Waals surface area contributed by atoms with Crippen LogP contribution in [0.15, 0.2) is 0 Å². The Bertz CT molecular complexity index is 403. The van der Waals surface area contributed by atoms with E-state index < -0.39 is 51.4 Å². The summed E-state index contributed by atoms with van der Waals surface area (Å²) < 4.78 is 43.9. The fourth-order valence-electron chi connectivity index (χ4n) is 2.13. The lowest BCUT2D eigenvalue weighted by molar-refractivity contribution is -0.0920. The van der Waals surface area contributed by atoms with Gasteiger partial charge in [0.2, 0.25) is 0 Å². The molecule has 0 aromatic rings. The average molecular weight is 475 g/mol. The van der Waals surface area contributed by atoms with Crippen LogP contribution in [0.4, 0.5) is 0 Å². The number of hydrogen-bond acceptors (Lipinski definition) is 7. The minimum absolute atomic E-state index is 0.0162. The molecule has 0 atom stereocenters. The van der Waals surface area contributed by atoms with E-state index in [1.54, 1.807) is 0 Å². The predicted octanol–water partition coefficient (Wildman–Crippen LogP) is 4.28. The molecule has 0 unspecified atom stereocenters. The zero-order chi connectivity index (χ0) is 20.7. The van der Waals surface area contributed by atoms with Crippen molar-refractivity contribution in [2.45, 2.75) is 78.6 Å². The molecule has 156 valence electrons. The van der Waals surface area contributed by atoms with Crippen LogP contribution in [-0.4, -0.2) is 58.2 Å². The van der Waals surface area contributed by atoms with E-state index in [-0.39, 0.29) is 6.79 Å². The van der Waals surface area contributed by atoms with Crippen LogP contribution in [0.5, 0.6) is 0 Å². The summed E-state index contributed by atoms with van der Waals surface area (Å²) in [6.07, 6.45) is 0. The summed E-state index contributed by atoms with van der Waals surface area (Å²) in [6, 6.07) is 0. The van der Waals surface area contributed by atoms with Crippen molar-refractivity contribution in [2.75, 3.05) is 6.79 Å². The fourth-order valence-corrected chi connectivity index (χ4v) is 20.5. The summed E-state index contributed by atoms with van der Waals surface area (Å²) in [6.45, 7) is 25.2. The summed E-state index contributed by atoms with van der Waals surface area (Å²) in [7, 11) is -14.9. The lowest BCUT2D eigenvalue weighted by Gasteiger charge is -2.47. The van der Waals surface area contributed by atoms with E-state index in [9.17, 15) is 0 Å². The molecule has 1 rings (SSSR count). The van der Waals surface area contributed by atoms with E-state index in [0.717, 1.165) is 0 Å². The van der Waals surface area contributed by atoms with Crippen LogP contribution in [0, 0.1) is 0 Å². The smallest absolute Gasteiger partial charge is 0.395 e. The highest BCUT2D eigenvalue weighted by Gasteiger charge is 2.66. The van der Waals surface area contributed by atoms with Gasteiger partial charge in [-0.1, -0.05) is 0 Å². The minimum Gasteiger partial charge on any atom is -0.395 e. The topological polar surface area (TPSA) is 64.6 Å². The van der Waals surface area contributed by atoms with E-state index in [1.165, 1.54) is 0 Å². The molecule has 1 fully saturated rings. The maximum absolute atomic E-state index is 6.45. The normalized spacial score (nSPS) is 21.7. The van der Waals surface area contributed by atoms with Gasteiger partial charge < -0.3 is 29.4 Å². The van der Waals surface area contributed by atoms with Gasteiger partial charge in [0.1, 0.15) is 6.79 Å². The zero-order valence-electron chi connectivity index (χ0n) is 18.6. The summed E-state index contributed by atoms with van der Waals surface area (Å²) in [4.78, 5) is 0. The Hall–Kier alpha value is 1.02. The van der Waals surface area contributed by atoms with Crippen molar-refractivity contribution < 1.29 is 29.4 Å². The average Bonchev–Trinajstić information content (AvgIpc) is 2.15. The van der Waals surface area contributed by atoms with Crippen molar-refractivity contribution in [3.8, 4) is 0 Å². The monoisotopic (exact) mass is 474 g/mol. The van der Waals surface area contributed by atoms with Gasteiger partial charge in [-0.2, -0.15) is 0 Å². The lowest BCUT2D eigenvalue weighted by atomic mass is 11.6. The first kappa shape index (κ1) is 25.1. The highest BCUT2D eigenvalue weighted by Crippen LogP contribution is 2.34. The molecule has 0 spiro atoms. The van der Waals surface area contributed by atoms with Crippen molar-refractivity contribution in [1.29, 1.82) is 0 Å². The van der Waals surface area contributed by atoms with E-state index >= 15 is 0 Å². The van der Waals surface area contributed by atoms with Gasteiger partial charge in [0.15, 0.2) is 33.3 Å². The van der Waals surface area contributed by atoms with E-state index in [2.05, 4.69) is 78.6 Å². The summed E-state index contributed by atoms with van der Waals surface area (Å²) >= 11 is 0. The van der Waals surface area contributed by atoms with E-state index in [0.29, 0.717) is 0 Å². The van der Waals surface area contributed by atoms with E-state index in [1.807, 2.05) is 0 Å². The standard InChI is InChI=1S/C13H38O7Si6/c1-21(2,3)16-25(17-22(4,5)6)14-13-15-26(20-25,18-23(7,8)9)19-24(10,11)12/h13H2,1-12H3. The fraction of sp³-hybridized carbons (Fsp3) is 1.00. The van der Waals surface area contributed by atoms with Crippen molar-refractivity contribution >= 4 is 51.4 Å². The first-order valence-electron chi connectivity index (χ1n) is 9.03. The van der Waals surface area contributed by atoms with Gasteiger partial charge in [-0.15, -0.1) is 0 Å². The minimum atomic E-state index is -3.43. The third-order valence-electron chi connectivity index (χ3n) is 2.45. The first-order valence-corrected chi connectivity index (χ1v) is 25.9. The molecule has 7 nitrogen and oxygen atoms in total. The molecule has 1 saturated heterocycles. The molecule has 13 heteroatoms. The third kappa shape index (κ3) is 9.48. The van der Waals surface area contributed by atoms with Crippen LogP contribution in [0.3, 0.4) is 0 Å². The molecule has 0 bridgehead atoms. The van der Waals surface area contributed by atoms with Crippen LogP contribution in [0.1, 0.15) is 0 Å². The third-order valence-corrected chi connectivity index (χ3v) is 19.2. The predicted molar refractivity (Wildman–Crippen MR) is 117 cm³/mol. The number of rotatable bonds is 8. The largest absolute Gasteiger partial charge is 0.654 e. The van der Waals surface area contributed by atoms with Crippen molar-refractivity contribution in [1.82, 2.24) is 0 Å². The van der Waals surface area contributed by atoms with Crippen molar-refractivity contribution in [2.24, 2.45) is 0 Å². The first-order chi connectivity index (χ1) is 11.2. The SMILES string of the molecule is C[Si](C)(C)O[Si]1(O[Si](C)(C)C)OCO[Si](O[Si](C)(C)C)(O[Si](C)(C)C)O1. The quantitative estimate of drug-likeness (QED) is 0.486. The highest BCUT2D eigenvalue weighted by atomic mass is 28.6. The van der Waals surface area contributed by atoms with Crippen molar-refractivity contribution in [3.63, 3.8) is 0 Å². The molecular formula is C13H38O7Si6. The maximum Gasteiger partial charge on any atom is 0.654 e. The molecule has 0 N–H and O–H groups in total.